The third kappa shape index (κ3) is 2.71. The number of anilines is 1. The van der Waals surface area contributed by atoms with E-state index >= 15 is 0 Å². The Labute approximate surface area is 126 Å². The molecular weight excluding hydrogens is 262 g/mol. The maximum atomic E-state index is 7.79. The fourth-order valence-electron chi connectivity index (χ4n) is 3.97. The summed E-state index contributed by atoms with van der Waals surface area (Å²) in [5.74, 6) is 0.963. The minimum atomic E-state index is 0.133. The summed E-state index contributed by atoms with van der Waals surface area (Å²) in [6.45, 7) is 2.13. The van der Waals surface area contributed by atoms with Gasteiger partial charge in [0, 0.05) is 24.7 Å². The van der Waals surface area contributed by atoms with Crippen molar-refractivity contribution in [3.8, 4) is 5.75 Å². The molecule has 21 heavy (non-hydrogen) atoms. The van der Waals surface area contributed by atoms with Crippen molar-refractivity contribution in [2.24, 2.45) is 11.1 Å². The molecule has 1 saturated carbocycles. The number of amidine groups is 1. The first-order valence-electron chi connectivity index (χ1n) is 7.91. The van der Waals surface area contributed by atoms with Crippen LogP contribution in [0.3, 0.4) is 0 Å². The lowest BCUT2D eigenvalue weighted by molar-refractivity contribution is 0.226. The molecule has 1 spiro atoms. The molecule has 3 N–H and O–H groups in total. The SMILES string of the molecule is COc1ccc(C(=N)N)c(N2CCC3(CCCC3)CC2)c1. The Hall–Kier alpha value is -1.71. The molecule has 1 aliphatic heterocycles. The quantitative estimate of drug-likeness (QED) is 0.663. The Bertz CT molecular complexity index is 525. The molecule has 0 aromatic heterocycles. The molecule has 0 bridgehead atoms. The van der Waals surface area contributed by atoms with E-state index in [9.17, 15) is 0 Å². The van der Waals surface area contributed by atoms with Crippen molar-refractivity contribution in [2.75, 3.05) is 25.1 Å². The van der Waals surface area contributed by atoms with Crippen molar-refractivity contribution in [2.45, 2.75) is 38.5 Å². The third-order valence-electron chi connectivity index (χ3n) is 5.32. The number of nitrogens with two attached hydrogens (primary N) is 1. The van der Waals surface area contributed by atoms with Crippen molar-refractivity contribution in [1.29, 1.82) is 5.41 Å². The zero-order valence-corrected chi connectivity index (χ0v) is 12.8. The van der Waals surface area contributed by atoms with Crippen molar-refractivity contribution >= 4 is 11.5 Å². The van der Waals surface area contributed by atoms with Gasteiger partial charge in [0.25, 0.3) is 0 Å². The highest BCUT2D eigenvalue weighted by Crippen LogP contribution is 2.47. The number of hydrogen-bond donors (Lipinski definition) is 2. The van der Waals surface area contributed by atoms with E-state index in [1.165, 1.54) is 38.5 Å². The number of piperidine rings is 1. The first kappa shape index (κ1) is 14.2. The van der Waals surface area contributed by atoms with Gasteiger partial charge in [-0.1, -0.05) is 12.8 Å². The third-order valence-corrected chi connectivity index (χ3v) is 5.32. The summed E-state index contributed by atoms with van der Waals surface area (Å²) in [6.07, 6.45) is 8.13. The highest BCUT2D eigenvalue weighted by atomic mass is 16.5. The Kier molecular flexibility index (Phi) is 3.79. The van der Waals surface area contributed by atoms with Crippen LogP contribution in [0.15, 0.2) is 18.2 Å². The van der Waals surface area contributed by atoms with Crippen LogP contribution in [0.25, 0.3) is 0 Å². The first-order valence-corrected chi connectivity index (χ1v) is 7.91. The largest absolute Gasteiger partial charge is 0.497 e. The molecule has 0 unspecified atom stereocenters. The highest BCUT2D eigenvalue weighted by Gasteiger charge is 2.37. The second-order valence-electron chi connectivity index (χ2n) is 6.49. The predicted octanol–water partition coefficient (Wildman–Crippen LogP) is 3.14. The van der Waals surface area contributed by atoms with Crippen LogP contribution in [0.5, 0.6) is 5.75 Å². The summed E-state index contributed by atoms with van der Waals surface area (Å²) in [6, 6.07) is 5.79. The second kappa shape index (κ2) is 5.58. The average molecular weight is 287 g/mol. The van der Waals surface area contributed by atoms with Crippen LogP contribution < -0.4 is 15.4 Å². The normalized spacial score (nSPS) is 20.7. The van der Waals surface area contributed by atoms with Gasteiger partial charge >= 0.3 is 0 Å². The number of nitrogen functional groups attached to an aromatic ring is 1. The van der Waals surface area contributed by atoms with Gasteiger partial charge in [0.05, 0.1) is 12.8 Å². The lowest BCUT2D eigenvalue weighted by Crippen LogP contribution is -2.39. The minimum absolute atomic E-state index is 0.133. The van der Waals surface area contributed by atoms with Gasteiger partial charge in [-0.15, -0.1) is 0 Å². The van der Waals surface area contributed by atoms with Crippen LogP contribution in [0.4, 0.5) is 5.69 Å². The molecule has 1 aromatic carbocycles. The summed E-state index contributed by atoms with van der Waals surface area (Å²) in [5.41, 5.74) is 8.22. The lowest BCUT2D eigenvalue weighted by Gasteiger charge is -2.41. The zero-order valence-electron chi connectivity index (χ0n) is 12.8. The fraction of sp³-hybridized carbons (Fsp3) is 0.588. The van der Waals surface area contributed by atoms with E-state index in [-0.39, 0.29) is 5.84 Å². The number of benzene rings is 1. The van der Waals surface area contributed by atoms with Gasteiger partial charge < -0.3 is 15.4 Å². The zero-order chi connectivity index (χ0) is 14.9. The fourth-order valence-corrected chi connectivity index (χ4v) is 3.97. The van der Waals surface area contributed by atoms with Crippen LogP contribution in [0.1, 0.15) is 44.1 Å². The molecule has 1 aromatic rings. The lowest BCUT2D eigenvalue weighted by atomic mass is 9.77. The van der Waals surface area contributed by atoms with Gasteiger partial charge in [0.15, 0.2) is 0 Å². The molecule has 0 atom stereocenters. The molecule has 1 heterocycles. The van der Waals surface area contributed by atoms with Gasteiger partial charge in [0.1, 0.15) is 11.6 Å². The molecule has 2 fully saturated rings. The molecule has 3 rings (SSSR count). The Morgan fingerprint density at radius 2 is 1.86 bits per heavy atom. The van der Waals surface area contributed by atoms with Crippen molar-refractivity contribution in [1.82, 2.24) is 0 Å². The molecule has 4 heteroatoms. The molecule has 0 radical (unpaired) electrons. The van der Waals surface area contributed by atoms with E-state index in [4.69, 9.17) is 15.9 Å². The van der Waals surface area contributed by atoms with E-state index < -0.39 is 0 Å². The van der Waals surface area contributed by atoms with Crippen LogP contribution >= 0.6 is 0 Å². The predicted molar refractivity (Wildman–Crippen MR) is 86.4 cm³/mol. The number of rotatable bonds is 3. The van der Waals surface area contributed by atoms with Crippen molar-refractivity contribution in [3.63, 3.8) is 0 Å². The van der Waals surface area contributed by atoms with Crippen LogP contribution in [0, 0.1) is 10.8 Å². The van der Waals surface area contributed by atoms with Gasteiger partial charge in [-0.05, 0) is 43.2 Å². The Morgan fingerprint density at radius 3 is 2.43 bits per heavy atom. The van der Waals surface area contributed by atoms with Crippen molar-refractivity contribution < 1.29 is 4.74 Å². The number of hydrogen-bond acceptors (Lipinski definition) is 3. The standard InChI is InChI=1S/C17H25N3O/c1-21-13-4-5-14(16(18)19)15(12-13)20-10-8-17(9-11-20)6-2-3-7-17/h4-5,12H,2-3,6-11H2,1H3,(H3,18,19). The summed E-state index contributed by atoms with van der Waals surface area (Å²) in [4.78, 5) is 2.38. The Balaban J connectivity index is 1.82. The summed E-state index contributed by atoms with van der Waals surface area (Å²) in [7, 11) is 1.68. The summed E-state index contributed by atoms with van der Waals surface area (Å²) in [5, 5.41) is 7.79. The van der Waals surface area contributed by atoms with Crippen LogP contribution in [-0.4, -0.2) is 26.0 Å². The molecule has 2 aliphatic rings. The van der Waals surface area contributed by atoms with E-state index in [0.29, 0.717) is 5.41 Å². The van der Waals surface area contributed by atoms with E-state index in [0.717, 1.165) is 30.1 Å². The van der Waals surface area contributed by atoms with Crippen LogP contribution in [-0.2, 0) is 0 Å². The van der Waals surface area contributed by atoms with Crippen LogP contribution in [0.2, 0.25) is 0 Å². The van der Waals surface area contributed by atoms with E-state index in [1.54, 1.807) is 7.11 Å². The second-order valence-corrected chi connectivity index (χ2v) is 6.49. The summed E-state index contributed by atoms with van der Waals surface area (Å²) < 4.78 is 5.34. The molecule has 0 amide bonds. The average Bonchev–Trinajstić information content (AvgIpc) is 2.95. The summed E-state index contributed by atoms with van der Waals surface area (Å²) >= 11 is 0. The smallest absolute Gasteiger partial charge is 0.124 e. The monoisotopic (exact) mass is 287 g/mol. The van der Waals surface area contributed by atoms with E-state index in [2.05, 4.69) is 4.90 Å². The minimum Gasteiger partial charge on any atom is -0.497 e. The number of nitrogens with zero attached hydrogens (tertiary/aromatic N) is 1. The molecule has 1 saturated heterocycles. The maximum absolute atomic E-state index is 7.79. The highest BCUT2D eigenvalue weighted by molar-refractivity contribution is 6.00. The molecular formula is C17H25N3O. The molecule has 114 valence electrons. The molecule has 4 nitrogen and oxygen atoms in total. The van der Waals surface area contributed by atoms with Crippen molar-refractivity contribution in [3.05, 3.63) is 23.8 Å². The topological polar surface area (TPSA) is 62.3 Å². The maximum Gasteiger partial charge on any atom is 0.124 e. The van der Waals surface area contributed by atoms with Gasteiger partial charge in [-0.3, -0.25) is 5.41 Å². The van der Waals surface area contributed by atoms with Gasteiger partial charge in [-0.25, -0.2) is 0 Å². The number of ether oxygens (including phenoxy) is 1. The molecule has 1 aliphatic carbocycles. The van der Waals surface area contributed by atoms with E-state index in [1.807, 2.05) is 18.2 Å². The first-order chi connectivity index (χ1) is 10.1. The Morgan fingerprint density at radius 1 is 1.19 bits per heavy atom. The van der Waals surface area contributed by atoms with Gasteiger partial charge in [-0.2, -0.15) is 0 Å². The number of nitrogens with one attached hydrogen (secondary N) is 1. The number of methoxy groups -OCH3 is 1. The van der Waals surface area contributed by atoms with Gasteiger partial charge in [0.2, 0.25) is 0 Å².